The van der Waals surface area contributed by atoms with Crippen molar-refractivity contribution in [3.05, 3.63) is 32.8 Å². The summed E-state index contributed by atoms with van der Waals surface area (Å²) in [6.45, 7) is 2.23. The summed E-state index contributed by atoms with van der Waals surface area (Å²) < 4.78 is 0.786. The standard InChI is InChI=1S/C12H15BrN4O3/c13-9-2-3-10(17(19)20)11(8-9)15-4-1-5-16(7-6-15)12(14)18/h2-3,8H,1,4-7H2,(H2,14,18). The highest BCUT2D eigenvalue weighted by Crippen LogP contribution is 2.31. The second-order valence-electron chi connectivity index (χ2n) is 4.56. The lowest BCUT2D eigenvalue weighted by Crippen LogP contribution is -2.38. The zero-order chi connectivity index (χ0) is 14.7. The summed E-state index contributed by atoms with van der Waals surface area (Å²) in [5.74, 6) is 0. The molecule has 1 fully saturated rings. The number of hydrogen-bond acceptors (Lipinski definition) is 4. The van der Waals surface area contributed by atoms with Crippen LogP contribution in [0.3, 0.4) is 0 Å². The fourth-order valence-electron chi connectivity index (χ4n) is 2.28. The quantitative estimate of drug-likeness (QED) is 0.656. The Labute approximate surface area is 124 Å². The van der Waals surface area contributed by atoms with Gasteiger partial charge in [0, 0.05) is 36.7 Å². The molecule has 8 heteroatoms. The van der Waals surface area contributed by atoms with E-state index in [0.717, 1.165) is 10.9 Å². The minimum absolute atomic E-state index is 0.0701. The number of carbonyl (C=O) groups is 1. The number of benzene rings is 1. The van der Waals surface area contributed by atoms with Gasteiger partial charge in [0.2, 0.25) is 0 Å². The molecule has 7 nitrogen and oxygen atoms in total. The van der Waals surface area contributed by atoms with Crippen molar-refractivity contribution in [1.29, 1.82) is 0 Å². The lowest BCUT2D eigenvalue weighted by Gasteiger charge is -2.23. The van der Waals surface area contributed by atoms with Crippen LogP contribution in [0.5, 0.6) is 0 Å². The van der Waals surface area contributed by atoms with Gasteiger partial charge >= 0.3 is 6.03 Å². The minimum atomic E-state index is -0.449. The van der Waals surface area contributed by atoms with Crippen molar-refractivity contribution in [1.82, 2.24) is 4.90 Å². The highest BCUT2D eigenvalue weighted by molar-refractivity contribution is 9.10. The van der Waals surface area contributed by atoms with Crippen LogP contribution in [-0.2, 0) is 0 Å². The lowest BCUT2D eigenvalue weighted by atomic mass is 10.2. The van der Waals surface area contributed by atoms with Crippen molar-refractivity contribution in [3.63, 3.8) is 0 Å². The van der Waals surface area contributed by atoms with Crippen LogP contribution >= 0.6 is 15.9 Å². The molecule has 1 aliphatic heterocycles. The van der Waals surface area contributed by atoms with E-state index in [-0.39, 0.29) is 5.69 Å². The van der Waals surface area contributed by atoms with E-state index in [1.807, 2.05) is 4.90 Å². The zero-order valence-electron chi connectivity index (χ0n) is 10.8. The molecule has 1 aromatic rings. The van der Waals surface area contributed by atoms with Crippen LogP contribution in [0.15, 0.2) is 22.7 Å². The predicted molar refractivity (Wildman–Crippen MR) is 78.8 cm³/mol. The van der Waals surface area contributed by atoms with E-state index in [0.29, 0.717) is 31.9 Å². The summed E-state index contributed by atoms with van der Waals surface area (Å²) >= 11 is 3.33. The van der Waals surface area contributed by atoms with Crippen molar-refractivity contribution in [3.8, 4) is 0 Å². The van der Waals surface area contributed by atoms with Crippen molar-refractivity contribution >= 4 is 33.3 Å². The van der Waals surface area contributed by atoms with Gasteiger partial charge in [-0.25, -0.2) is 4.79 Å². The summed E-state index contributed by atoms with van der Waals surface area (Å²) in [6, 6.07) is 4.42. The van der Waals surface area contributed by atoms with E-state index >= 15 is 0 Å². The number of nitrogens with two attached hydrogens (primary N) is 1. The van der Waals surface area contributed by atoms with E-state index in [1.165, 1.54) is 6.07 Å². The van der Waals surface area contributed by atoms with E-state index in [1.54, 1.807) is 17.0 Å². The fraction of sp³-hybridized carbons (Fsp3) is 0.417. The number of nitro benzene ring substituents is 1. The first-order valence-electron chi connectivity index (χ1n) is 6.22. The van der Waals surface area contributed by atoms with Gasteiger partial charge in [0.15, 0.2) is 0 Å². The molecule has 0 radical (unpaired) electrons. The average molecular weight is 343 g/mol. The minimum Gasteiger partial charge on any atom is -0.364 e. The largest absolute Gasteiger partial charge is 0.364 e. The van der Waals surface area contributed by atoms with Crippen LogP contribution in [0, 0.1) is 10.1 Å². The molecule has 0 aromatic heterocycles. The maximum absolute atomic E-state index is 11.2. The molecule has 1 heterocycles. The Morgan fingerprint density at radius 3 is 2.70 bits per heavy atom. The van der Waals surface area contributed by atoms with Gasteiger partial charge in [-0.1, -0.05) is 15.9 Å². The molecule has 1 aromatic carbocycles. The second-order valence-corrected chi connectivity index (χ2v) is 5.47. The molecule has 2 rings (SSSR count). The average Bonchev–Trinajstić information content (AvgIpc) is 2.63. The van der Waals surface area contributed by atoms with Crippen molar-refractivity contribution in [2.24, 2.45) is 5.73 Å². The van der Waals surface area contributed by atoms with Gasteiger partial charge in [-0.05, 0) is 18.6 Å². The highest BCUT2D eigenvalue weighted by atomic mass is 79.9. The Kier molecular flexibility index (Phi) is 4.43. The molecule has 2 amide bonds. The first-order chi connectivity index (χ1) is 9.49. The van der Waals surface area contributed by atoms with Gasteiger partial charge in [0.05, 0.1) is 4.92 Å². The van der Waals surface area contributed by atoms with Crippen LogP contribution in [0.4, 0.5) is 16.2 Å². The molecule has 0 unspecified atom stereocenters. The number of amides is 2. The van der Waals surface area contributed by atoms with E-state index in [9.17, 15) is 14.9 Å². The normalized spacial score (nSPS) is 15.8. The maximum Gasteiger partial charge on any atom is 0.314 e. The number of primary amides is 1. The lowest BCUT2D eigenvalue weighted by molar-refractivity contribution is -0.384. The molecule has 1 saturated heterocycles. The van der Waals surface area contributed by atoms with Crippen LogP contribution < -0.4 is 10.6 Å². The first-order valence-corrected chi connectivity index (χ1v) is 7.01. The summed E-state index contributed by atoms with van der Waals surface area (Å²) in [5, 5.41) is 11.1. The molecule has 20 heavy (non-hydrogen) atoms. The summed E-state index contributed by atoms with van der Waals surface area (Å²) in [5.41, 5.74) is 5.91. The van der Waals surface area contributed by atoms with E-state index < -0.39 is 11.0 Å². The van der Waals surface area contributed by atoms with Gasteiger partial charge in [-0.15, -0.1) is 0 Å². The topological polar surface area (TPSA) is 92.7 Å². The number of carbonyl (C=O) groups excluding carboxylic acids is 1. The Bertz CT molecular complexity index is 537. The third-order valence-corrected chi connectivity index (χ3v) is 3.78. The first kappa shape index (κ1) is 14.6. The maximum atomic E-state index is 11.2. The Balaban J connectivity index is 2.25. The molecule has 0 bridgehead atoms. The van der Waals surface area contributed by atoms with Gasteiger partial charge in [0.1, 0.15) is 5.69 Å². The SMILES string of the molecule is NC(=O)N1CCCN(c2cc(Br)ccc2[N+](=O)[O-])CC1. The molecule has 0 atom stereocenters. The molecular weight excluding hydrogens is 328 g/mol. The third kappa shape index (κ3) is 3.19. The van der Waals surface area contributed by atoms with Crippen LogP contribution in [-0.4, -0.2) is 42.0 Å². The van der Waals surface area contributed by atoms with Crippen molar-refractivity contribution < 1.29 is 9.72 Å². The Morgan fingerprint density at radius 2 is 2.05 bits per heavy atom. The number of hydrogen-bond donors (Lipinski definition) is 1. The second kappa shape index (κ2) is 6.08. The van der Waals surface area contributed by atoms with Crippen molar-refractivity contribution in [2.75, 3.05) is 31.1 Å². The monoisotopic (exact) mass is 342 g/mol. The molecule has 2 N–H and O–H groups in total. The molecule has 0 spiro atoms. The molecule has 0 saturated carbocycles. The Morgan fingerprint density at radius 1 is 1.30 bits per heavy atom. The summed E-state index contributed by atoms with van der Waals surface area (Å²) in [6.07, 6.45) is 0.729. The van der Waals surface area contributed by atoms with Gasteiger partial charge in [0.25, 0.3) is 5.69 Å². The number of nitro groups is 1. The smallest absolute Gasteiger partial charge is 0.314 e. The van der Waals surface area contributed by atoms with Crippen molar-refractivity contribution in [2.45, 2.75) is 6.42 Å². The van der Waals surface area contributed by atoms with Crippen LogP contribution in [0.1, 0.15) is 6.42 Å². The molecule has 1 aliphatic rings. The number of nitrogens with zero attached hydrogens (tertiary/aromatic N) is 3. The van der Waals surface area contributed by atoms with E-state index in [4.69, 9.17) is 5.73 Å². The third-order valence-electron chi connectivity index (χ3n) is 3.28. The predicted octanol–water partition coefficient (Wildman–Crippen LogP) is 1.95. The van der Waals surface area contributed by atoms with Crippen LogP contribution in [0.2, 0.25) is 0 Å². The van der Waals surface area contributed by atoms with Gasteiger partial charge in [-0.3, -0.25) is 10.1 Å². The van der Waals surface area contributed by atoms with E-state index in [2.05, 4.69) is 15.9 Å². The number of rotatable bonds is 2. The molecular formula is C12H15BrN4O3. The molecule has 0 aliphatic carbocycles. The number of urea groups is 1. The summed E-state index contributed by atoms with van der Waals surface area (Å²) in [4.78, 5) is 25.4. The van der Waals surface area contributed by atoms with Gasteiger partial charge in [-0.2, -0.15) is 0 Å². The molecule has 108 valence electrons. The fourth-order valence-corrected chi connectivity index (χ4v) is 2.63. The Hall–Kier alpha value is -1.83. The van der Waals surface area contributed by atoms with Crippen LogP contribution in [0.25, 0.3) is 0 Å². The summed E-state index contributed by atoms with van der Waals surface area (Å²) in [7, 11) is 0. The zero-order valence-corrected chi connectivity index (χ0v) is 12.4. The highest BCUT2D eigenvalue weighted by Gasteiger charge is 2.23. The number of anilines is 1. The number of halogens is 1. The van der Waals surface area contributed by atoms with Gasteiger partial charge < -0.3 is 15.5 Å².